The van der Waals surface area contributed by atoms with Crippen molar-refractivity contribution in [2.75, 3.05) is 7.05 Å². The molecule has 0 bridgehead atoms. The van der Waals surface area contributed by atoms with Gasteiger partial charge in [0, 0.05) is 20.0 Å². The van der Waals surface area contributed by atoms with Crippen molar-refractivity contribution in [3.8, 4) is 0 Å². The molecule has 1 N–H and O–H groups in total. The number of rotatable bonds is 4. The van der Waals surface area contributed by atoms with E-state index in [-0.39, 0.29) is 6.04 Å². The topological polar surface area (TPSA) is 12.0 Å². The molecule has 4 heteroatoms. The van der Waals surface area contributed by atoms with Gasteiger partial charge in [-0.15, -0.1) is 0 Å². The van der Waals surface area contributed by atoms with Gasteiger partial charge in [-0.3, -0.25) is 0 Å². The summed E-state index contributed by atoms with van der Waals surface area (Å²) >= 11 is 13.4. The molecule has 1 unspecified atom stereocenters. The Balaban J connectivity index is 2.28. The van der Waals surface area contributed by atoms with Gasteiger partial charge >= 0.3 is 0 Å². The smallest absolute Gasteiger partial charge is 0.0441 e. The SMILES string of the molecule is CNC(Cc1ccc(C)cc1Cl)c1ccc(Br)cc1Br. The average molecular weight is 418 g/mol. The second-order valence-electron chi connectivity index (χ2n) is 4.81. The van der Waals surface area contributed by atoms with Crippen molar-refractivity contribution in [1.82, 2.24) is 5.32 Å². The molecule has 0 saturated carbocycles. The van der Waals surface area contributed by atoms with Gasteiger partial charge in [0.15, 0.2) is 0 Å². The zero-order valence-electron chi connectivity index (χ0n) is 11.4. The predicted molar refractivity (Wildman–Crippen MR) is 93.5 cm³/mol. The normalized spacial score (nSPS) is 12.4. The highest BCUT2D eigenvalue weighted by Crippen LogP contribution is 2.30. The minimum absolute atomic E-state index is 0.220. The third-order valence-corrected chi connectivity index (χ3v) is 4.85. The molecule has 20 heavy (non-hydrogen) atoms. The molecular formula is C16H16Br2ClN. The number of aryl methyl sites for hydroxylation is 1. The Labute approximate surface area is 142 Å². The molecule has 0 heterocycles. The summed E-state index contributed by atoms with van der Waals surface area (Å²) in [6.07, 6.45) is 0.857. The molecule has 0 radical (unpaired) electrons. The van der Waals surface area contributed by atoms with Crippen LogP contribution in [0.25, 0.3) is 0 Å². The molecular weight excluding hydrogens is 401 g/mol. The van der Waals surface area contributed by atoms with Crippen molar-refractivity contribution in [3.05, 3.63) is 67.1 Å². The van der Waals surface area contributed by atoms with Crippen LogP contribution in [-0.2, 0) is 6.42 Å². The van der Waals surface area contributed by atoms with Crippen molar-refractivity contribution in [2.24, 2.45) is 0 Å². The summed E-state index contributed by atoms with van der Waals surface area (Å²) in [7, 11) is 1.97. The summed E-state index contributed by atoms with van der Waals surface area (Å²) in [5, 5.41) is 4.20. The summed E-state index contributed by atoms with van der Waals surface area (Å²) in [4.78, 5) is 0. The largest absolute Gasteiger partial charge is 0.313 e. The average Bonchev–Trinajstić information content (AvgIpc) is 2.39. The molecule has 0 saturated heterocycles. The van der Waals surface area contributed by atoms with Gasteiger partial charge in [0.1, 0.15) is 0 Å². The third-order valence-electron chi connectivity index (χ3n) is 3.32. The molecule has 1 atom stereocenters. The summed E-state index contributed by atoms with van der Waals surface area (Å²) in [5.41, 5.74) is 3.57. The van der Waals surface area contributed by atoms with E-state index in [9.17, 15) is 0 Å². The molecule has 2 aromatic rings. The van der Waals surface area contributed by atoms with Crippen LogP contribution in [0.4, 0.5) is 0 Å². The standard InChI is InChI=1S/C16H16Br2ClN/c1-10-3-4-11(15(19)7-10)8-16(20-2)13-6-5-12(17)9-14(13)18/h3-7,9,16,20H,8H2,1-2H3. The fraction of sp³-hybridized carbons (Fsp3) is 0.250. The molecule has 0 amide bonds. The van der Waals surface area contributed by atoms with Crippen LogP contribution in [0.5, 0.6) is 0 Å². The molecule has 0 aliphatic heterocycles. The summed E-state index contributed by atoms with van der Waals surface area (Å²) < 4.78 is 2.16. The molecule has 2 rings (SSSR count). The minimum Gasteiger partial charge on any atom is -0.313 e. The minimum atomic E-state index is 0.220. The fourth-order valence-electron chi connectivity index (χ4n) is 2.19. The predicted octanol–water partition coefficient (Wildman–Crippen LogP) is 5.68. The summed E-state index contributed by atoms with van der Waals surface area (Å²) in [6.45, 7) is 2.05. The van der Waals surface area contributed by atoms with Gasteiger partial charge in [0.25, 0.3) is 0 Å². The van der Waals surface area contributed by atoms with Crippen LogP contribution in [0.2, 0.25) is 5.02 Å². The first-order valence-electron chi connectivity index (χ1n) is 6.38. The molecule has 0 aromatic heterocycles. The number of nitrogens with one attached hydrogen (secondary N) is 1. The van der Waals surface area contributed by atoms with E-state index in [4.69, 9.17) is 11.6 Å². The summed E-state index contributed by atoms with van der Waals surface area (Å²) in [5.74, 6) is 0. The van der Waals surface area contributed by atoms with Gasteiger partial charge in [-0.2, -0.15) is 0 Å². The first kappa shape index (κ1) is 16.0. The van der Waals surface area contributed by atoms with Crippen LogP contribution in [-0.4, -0.2) is 7.05 Å². The van der Waals surface area contributed by atoms with Gasteiger partial charge in [0.05, 0.1) is 0 Å². The lowest BCUT2D eigenvalue weighted by Crippen LogP contribution is -2.19. The van der Waals surface area contributed by atoms with Crippen molar-refractivity contribution in [1.29, 1.82) is 0 Å². The van der Waals surface area contributed by atoms with Gasteiger partial charge in [0.2, 0.25) is 0 Å². The van der Waals surface area contributed by atoms with Gasteiger partial charge < -0.3 is 5.32 Å². The molecule has 2 aromatic carbocycles. The number of hydrogen-bond donors (Lipinski definition) is 1. The second-order valence-corrected chi connectivity index (χ2v) is 6.98. The maximum atomic E-state index is 6.34. The van der Waals surface area contributed by atoms with E-state index in [0.29, 0.717) is 0 Å². The molecule has 0 aliphatic carbocycles. The van der Waals surface area contributed by atoms with Crippen molar-refractivity contribution >= 4 is 43.5 Å². The number of likely N-dealkylation sites (N-methyl/N-ethyl adjacent to an activating group) is 1. The van der Waals surface area contributed by atoms with E-state index < -0.39 is 0 Å². The van der Waals surface area contributed by atoms with E-state index in [1.807, 2.05) is 13.1 Å². The first-order chi connectivity index (χ1) is 9.51. The van der Waals surface area contributed by atoms with Crippen molar-refractivity contribution in [2.45, 2.75) is 19.4 Å². The van der Waals surface area contributed by atoms with Gasteiger partial charge in [-0.25, -0.2) is 0 Å². The molecule has 0 aliphatic rings. The van der Waals surface area contributed by atoms with Crippen molar-refractivity contribution in [3.63, 3.8) is 0 Å². The summed E-state index contributed by atoms with van der Waals surface area (Å²) in [6, 6.07) is 12.7. The van der Waals surface area contributed by atoms with E-state index >= 15 is 0 Å². The van der Waals surface area contributed by atoms with Crippen LogP contribution in [0.1, 0.15) is 22.7 Å². The van der Waals surface area contributed by atoms with E-state index in [1.165, 1.54) is 11.1 Å². The number of hydrogen-bond acceptors (Lipinski definition) is 1. The van der Waals surface area contributed by atoms with Crippen LogP contribution in [0.3, 0.4) is 0 Å². The Kier molecular flexibility index (Phi) is 5.67. The Morgan fingerprint density at radius 1 is 1.15 bits per heavy atom. The number of halogens is 3. The van der Waals surface area contributed by atoms with Crippen LogP contribution >= 0.6 is 43.5 Å². The first-order valence-corrected chi connectivity index (χ1v) is 8.35. The maximum absolute atomic E-state index is 6.34. The van der Waals surface area contributed by atoms with Crippen molar-refractivity contribution < 1.29 is 0 Å². The highest BCUT2D eigenvalue weighted by molar-refractivity contribution is 9.11. The van der Waals surface area contributed by atoms with Gasteiger partial charge in [-0.1, -0.05) is 61.7 Å². The Morgan fingerprint density at radius 2 is 1.90 bits per heavy atom. The highest BCUT2D eigenvalue weighted by Gasteiger charge is 2.15. The van der Waals surface area contributed by atoms with Gasteiger partial charge in [-0.05, 0) is 55.3 Å². The monoisotopic (exact) mass is 415 g/mol. The third kappa shape index (κ3) is 3.85. The number of benzene rings is 2. The molecule has 0 spiro atoms. The highest BCUT2D eigenvalue weighted by atomic mass is 79.9. The Hall–Kier alpha value is -0.350. The molecule has 0 fully saturated rings. The second kappa shape index (κ2) is 7.08. The van der Waals surface area contributed by atoms with Crippen LogP contribution in [0, 0.1) is 6.92 Å². The maximum Gasteiger partial charge on any atom is 0.0441 e. The van der Waals surface area contributed by atoms with E-state index in [1.54, 1.807) is 0 Å². The van der Waals surface area contributed by atoms with Crippen LogP contribution < -0.4 is 5.32 Å². The fourth-order valence-corrected chi connectivity index (χ4v) is 3.83. The lowest BCUT2D eigenvalue weighted by atomic mass is 9.98. The lowest BCUT2D eigenvalue weighted by molar-refractivity contribution is 0.589. The zero-order valence-corrected chi connectivity index (χ0v) is 15.3. The Bertz CT molecular complexity index is 613. The van der Waals surface area contributed by atoms with E-state index in [2.05, 4.69) is 74.4 Å². The molecule has 106 valence electrons. The van der Waals surface area contributed by atoms with E-state index in [0.717, 1.165) is 26.0 Å². The quantitative estimate of drug-likeness (QED) is 0.675. The lowest BCUT2D eigenvalue weighted by Gasteiger charge is -2.19. The molecule has 1 nitrogen and oxygen atoms in total. The Morgan fingerprint density at radius 3 is 2.50 bits per heavy atom. The van der Waals surface area contributed by atoms with Crippen LogP contribution in [0.15, 0.2) is 45.3 Å². The zero-order chi connectivity index (χ0) is 14.7.